The van der Waals surface area contributed by atoms with Gasteiger partial charge in [0, 0.05) is 30.6 Å². The predicted molar refractivity (Wildman–Crippen MR) is 153 cm³/mol. The molecule has 1 amide bonds. The molecule has 1 fully saturated rings. The average molecular weight is 556 g/mol. The summed E-state index contributed by atoms with van der Waals surface area (Å²) in [5.41, 5.74) is 3.48. The van der Waals surface area contributed by atoms with Crippen molar-refractivity contribution in [3.05, 3.63) is 77.3 Å². The molecule has 0 radical (unpaired) electrons. The standard InChI is InChI=1S/C29H26FN7O2S/c1-2-31-29(38)39-23-12-21(32-15-23)6-8-24-13-25-27(40-24)28(34-17-33-25)36-22-7-9-26-19(11-22)14-35-37(26)16-18-4-3-5-20(30)10-18/h3-5,7,9-11,13-14,17,21,23,32H,2,12,15-16H2,1H3,(H,31,38)(H,33,34,36)/t21-,23-/m0/s1. The molecule has 1 aliphatic heterocycles. The van der Waals surface area contributed by atoms with E-state index in [4.69, 9.17) is 4.74 Å². The fourth-order valence-corrected chi connectivity index (χ4v) is 5.56. The fourth-order valence-electron chi connectivity index (χ4n) is 4.64. The SMILES string of the molecule is CCNC(=O)O[C@@H]1CN[C@@H](C#Cc2cc3ncnc(Nc4ccc5c(cnn5Cc5cccc(F)c5)c4)c3s2)C1. The fraction of sp³-hybridized carbons (Fsp3) is 0.241. The Kier molecular flexibility index (Phi) is 7.27. The van der Waals surface area contributed by atoms with Gasteiger partial charge in [-0.05, 0) is 48.9 Å². The van der Waals surface area contributed by atoms with Crippen LogP contribution in [0.3, 0.4) is 0 Å². The largest absolute Gasteiger partial charge is 0.445 e. The van der Waals surface area contributed by atoms with Crippen molar-refractivity contribution in [2.24, 2.45) is 0 Å². The number of rotatable bonds is 6. The molecule has 9 nitrogen and oxygen atoms in total. The second-order valence-corrected chi connectivity index (χ2v) is 10.5. The third-order valence-corrected chi connectivity index (χ3v) is 7.54. The summed E-state index contributed by atoms with van der Waals surface area (Å²) < 4.78 is 21.7. The third kappa shape index (κ3) is 5.73. The van der Waals surface area contributed by atoms with Crippen LogP contribution in [0.4, 0.5) is 20.7 Å². The number of nitrogens with one attached hydrogen (secondary N) is 3. The lowest BCUT2D eigenvalue weighted by Crippen LogP contribution is -2.29. The van der Waals surface area contributed by atoms with Gasteiger partial charge in [-0.15, -0.1) is 11.3 Å². The maximum Gasteiger partial charge on any atom is 0.407 e. The lowest BCUT2D eigenvalue weighted by molar-refractivity contribution is 0.107. The molecule has 3 N–H and O–H groups in total. The highest BCUT2D eigenvalue weighted by Crippen LogP contribution is 2.31. The topological polar surface area (TPSA) is 106 Å². The molecule has 0 spiro atoms. The number of fused-ring (bicyclic) bond motifs is 2. The molecule has 2 atom stereocenters. The van der Waals surface area contributed by atoms with E-state index < -0.39 is 6.09 Å². The Hall–Kier alpha value is -4.53. The van der Waals surface area contributed by atoms with Crippen LogP contribution in [0.5, 0.6) is 0 Å². The van der Waals surface area contributed by atoms with Crippen LogP contribution in [-0.4, -0.2) is 51.1 Å². The van der Waals surface area contributed by atoms with Gasteiger partial charge < -0.3 is 15.4 Å². The van der Waals surface area contributed by atoms with E-state index in [-0.39, 0.29) is 18.0 Å². The van der Waals surface area contributed by atoms with Gasteiger partial charge in [0.25, 0.3) is 0 Å². The van der Waals surface area contributed by atoms with Crippen molar-refractivity contribution in [3.8, 4) is 11.8 Å². The number of ether oxygens (including phenoxy) is 1. The molecule has 0 aliphatic carbocycles. The molecule has 0 saturated carbocycles. The summed E-state index contributed by atoms with van der Waals surface area (Å²) in [7, 11) is 0. The van der Waals surface area contributed by atoms with Gasteiger partial charge in [0.1, 0.15) is 18.2 Å². The zero-order chi connectivity index (χ0) is 27.5. The molecule has 2 aromatic carbocycles. The number of alkyl carbamates (subject to hydrolysis) is 1. The first kappa shape index (κ1) is 25.7. The van der Waals surface area contributed by atoms with Crippen LogP contribution in [0.2, 0.25) is 0 Å². The molecule has 0 unspecified atom stereocenters. The van der Waals surface area contributed by atoms with Crippen molar-refractivity contribution in [1.29, 1.82) is 0 Å². The first-order chi connectivity index (χ1) is 19.5. The number of hydrogen-bond donors (Lipinski definition) is 3. The Morgan fingerprint density at radius 3 is 3.05 bits per heavy atom. The van der Waals surface area contributed by atoms with Crippen LogP contribution >= 0.6 is 11.3 Å². The van der Waals surface area contributed by atoms with E-state index in [2.05, 4.69) is 42.9 Å². The van der Waals surface area contributed by atoms with E-state index >= 15 is 0 Å². The minimum absolute atomic E-state index is 0.0538. The average Bonchev–Trinajstić information content (AvgIpc) is 3.67. The number of anilines is 2. The molecule has 3 aromatic heterocycles. The molecular formula is C29H26FN7O2S. The van der Waals surface area contributed by atoms with Crippen LogP contribution in [0, 0.1) is 17.7 Å². The predicted octanol–water partition coefficient (Wildman–Crippen LogP) is 4.80. The van der Waals surface area contributed by atoms with Gasteiger partial charge in [0.2, 0.25) is 0 Å². The zero-order valence-electron chi connectivity index (χ0n) is 21.6. The molecule has 11 heteroatoms. The van der Waals surface area contributed by atoms with E-state index in [1.54, 1.807) is 12.3 Å². The molecule has 0 bridgehead atoms. The maximum absolute atomic E-state index is 13.6. The Bertz CT molecular complexity index is 1760. The Morgan fingerprint density at radius 2 is 2.17 bits per heavy atom. The summed E-state index contributed by atoms with van der Waals surface area (Å²) in [5.74, 6) is 6.92. The number of amides is 1. The first-order valence-corrected chi connectivity index (χ1v) is 13.8. The van der Waals surface area contributed by atoms with Gasteiger partial charge in [-0.2, -0.15) is 5.10 Å². The molecule has 1 aliphatic rings. The number of thiophene rings is 1. The molecule has 6 rings (SSSR count). The van der Waals surface area contributed by atoms with E-state index in [9.17, 15) is 9.18 Å². The van der Waals surface area contributed by atoms with Crippen molar-refractivity contribution in [1.82, 2.24) is 30.4 Å². The Balaban J connectivity index is 1.16. The summed E-state index contributed by atoms with van der Waals surface area (Å²) in [6, 6.07) is 14.4. The van der Waals surface area contributed by atoms with Crippen LogP contribution in [-0.2, 0) is 11.3 Å². The van der Waals surface area contributed by atoms with Crippen LogP contribution < -0.4 is 16.0 Å². The van der Waals surface area contributed by atoms with Crippen molar-refractivity contribution < 1.29 is 13.9 Å². The van der Waals surface area contributed by atoms with Gasteiger partial charge in [0.05, 0.1) is 39.4 Å². The Labute approximate surface area is 233 Å². The van der Waals surface area contributed by atoms with Crippen LogP contribution in [0.25, 0.3) is 21.1 Å². The summed E-state index contributed by atoms with van der Waals surface area (Å²) in [6.07, 6.45) is 3.38. The molecule has 1 saturated heterocycles. The zero-order valence-corrected chi connectivity index (χ0v) is 22.5. The third-order valence-electron chi connectivity index (χ3n) is 6.49. The van der Waals surface area contributed by atoms with E-state index in [1.165, 1.54) is 29.8 Å². The molecular weight excluding hydrogens is 529 g/mol. The first-order valence-electron chi connectivity index (χ1n) is 12.9. The highest BCUT2D eigenvalue weighted by molar-refractivity contribution is 7.20. The molecule has 5 aromatic rings. The van der Waals surface area contributed by atoms with Gasteiger partial charge in [0.15, 0.2) is 5.82 Å². The van der Waals surface area contributed by atoms with E-state index in [1.807, 2.05) is 41.9 Å². The second kappa shape index (κ2) is 11.3. The van der Waals surface area contributed by atoms with Crippen LogP contribution in [0.1, 0.15) is 23.8 Å². The number of aromatic nitrogens is 4. The highest BCUT2D eigenvalue weighted by atomic mass is 32.1. The lowest BCUT2D eigenvalue weighted by Gasteiger charge is -2.10. The van der Waals surface area contributed by atoms with Crippen molar-refractivity contribution in [3.63, 3.8) is 0 Å². The van der Waals surface area contributed by atoms with E-state index in [0.717, 1.165) is 37.2 Å². The lowest BCUT2D eigenvalue weighted by atomic mass is 10.2. The number of benzene rings is 2. The summed E-state index contributed by atoms with van der Waals surface area (Å²) in [5, 5.41) is 14.8. The normalized spacial score (nSPS) is 16.6. The van der Waals surface area contributed by atoms with E-state index in [0.29, 0.717) is 31.9 Å². The minimum Gasteiger partial charge on any atom is -0.445 e. The van der Waals surface area contributed by atoms with Crippen molar-refractivity contribution >= 4 is 50.1 Å². The molecule has 202 valence electrons. The number of halogens is 1. The quantitative estimate of drug-likeness (QED) is 0.259. The number of hydrogen-bond acceptors (Lipinski definition) is 8. The molecule has 4 heterocycles. The van der Waals surface area contributed by atoms with Crippen molar-refractivity contribution in [2.45, 2.75) is 32.0 Å². The van der Waals surface area contributed by atoms with Gasteiger partial charge in [-0.25, -0.2) is 19.2 Å². The monoisotopic (exact) mass is 555 g/mol. The maximum atomic E-state index is 13.6. The Morgan fingerprint density at radius 1 is 1.25 bits per heavy atom. The van der Waals surface area contributed by atoms with Gasteiger partial charge >= 0.3 is 6.09 Å². The minimum atomic E-state index is -0.400. The molecule has 40 heavy (non-hydrogen) atoms. The van der Waals surface area contributed by atoms with Crippen molar-refractivity contribution in [2.75, 3.05) is 18.4 Å². The second-order valence-electron chi connectivity index (χ2n) is 9.40. The number of carbonyl (C=O) groups excluding carboxylic acids is 1. The van der Waals surface area contributed by atoms with Crippen LogP contribution in [0.15, 0.2) is 61.1 Å². The highest BCUT2D eigenvalue weighted by Gasteiger charge is 2.25. The summed E-state index contributed by atoms with van der Waals surface area (Å²) in [4.78, 5) is 21.4. The number of nitrogens with zero attached hydrogens (tertiary/aromatic N) is 4. The number of carbonyl (C=O) groups is 1. The van der Waals surface area contributed by atoms with Gasteiger partial charge in [-0.3, -0.25) is 10.00 Å². The summed E-state index contributed by atoms with van der Waals surface area (Å²) >= 11 is 1.52. The smallest absolute Gasteiger partial charge is 0.407 e. The van der Waals surface area contributed by atoms with Gasteiger partial charge in [-0.1, -0.05) is 24.0 Å². The summed E-state index contributed by atoms with van der Waals surface area (Å²) in [6.45, 7) is 3.45.